The average Bonchev–Trinajstić information content (AvgIpc) is 3.45. The molecular formula is C48H76F2. The molecule has 0 nitrogen and oxygen atoms in total. The summed E-state index contributed by atoms with van der Waals surface area (Å²) >= 11 is 0. The van der Waals surface area contributed by atoms with Gasteiger partial charge in [-0.2, -0.15) is 0 Å². The Balaban J connectivity index is 1.31. The van der Waals surface area contributed by atoms with Crippen LogP contribution in [0.5, 0.6) is 0 Å². The normalized spacial score (nSPS) is 37.4. The molecule has 4 bridgehead atoms. The molecule has 10 unspecified atom stereocenters. The van der Waals surface area contributed by atoms with Crippen LogP contribution in [-0.4, -0.2) is 5.92 Å². The number of alkyl halides is 2. The summed E-state index contributed by atoms with van der Waals surface area (Å²) < 4.78 is 28.9. The molecule has 0 aliphatic heterocycles. The quantitative estimate of drug-likeness (QED) is 0.126. The highest BCUT2D eigenvalue weighted by Crippen LogP contribution is 2.66. The average molecular weight is 691 g/mol. The fourth-order valence-corrected chi connectivity index (χ4v) is 12.9. The van der Waals surface area contributed by atoms with E-state index in [1.807, 2.05) is 0 Å². The molecular weight excluding hydrogens is 615 g/mol. The maximum absolute atomic E-state index is 14.5. The zero-order valence-corrected chi connectivity index (χ0v) is 33.2. The van der Waals surface area contributed by atoms with Crippen molar-refractivity contribution in [3.8, 4) is 0 Å². The van der Waals surface area contributed by atoms with Crippen LogP contribution in [0.1, 0.15) is 175 Å². The van der Waals surface area contributed by atoms with Gasteiger partial charge in [-0.3, -0.25) is 0 Å². The molecule has 2 heteroatoms. The van der Waals surface area contributed by atoms with Gasteiger partial charge in [-0.25, -0.2) is 8.78 Å². The van der Waals surface area contributed by atoms with Gasteiger partial charge in [0.1, 0.15) is 0 Å². The molecule has 0 aromatic carbocycles. The lowest BCUT2D eigenvalue weighted by Gasteiger charge is -2.55. The third-order valence-electron chi connectivity index (χ3n) is 16.4. The maximum Gasteiger partial charge on any atom is 0.266 e. The van der Waals surface area contributed by atoms with Gasteiger partial charge in [-0.1, -0.05) is 82.7 Å². The largest absolute Gasteiger partial charge is 0.266 e. The van der Waals surface area contributed by atoms with Gasteiger partial charge in [-0.15, -0.1) is 6.58 Å². The van der Waals surface area contributed by atoms with Crippen molar-refractivity contribution >= 4 is 0 Å². The van der Waals surface area contributed by atoms with Crippen molar-refractivity contribution in [2.75, 3.05) is 0 Å². The summed E-state index contributed by atoms with van der Waals surface area (Å²) in [6, 6.07) is 0. The number of rotatable bonds is 18. The Morgan fingerprint density at radius 1 is 0.880 bits per heavy atom. The van der Waals surface area contributed by atoms with E-state index in [-0.39, 0.29) is 11.0 Å². The molecule has 0 N–H and O–H groups in total. The predicted molar refractivity (Wildman–Crippen MR) is 212 cm³/mol. The van der Waals surface area contributed by atoms with Crippen LogP contribution in [0.2, 0.25) is 0 Å². The van der Waals surface area contributed by atoms with Gasteiger partial charge >= 0.3 is 0 Å². The van der Waals surface area contributed by atoms with Crippen LogP contribution < -0.4 is 0 Å². The number of hydrogen-bond donors (Lipinski definition) is 0. The first-order valence-corrected chi connectivity index (χ1v) is 21.4. The predicted octanol–water partition coefficient (Wildman–Crippen LogP) is 15.4. The van der Waals surface area contributed by atoms with Crippen LogP contribution in [0, 0.1) is 57.7 Å². The van der Waals surface area contributed by atoms with E-state index in [0.29, 0.717) is 35.0 Å². The summed E-state index contributed by atoms with van der Waals surface area (Å²) in [4.78, 5) is 0. The highest BCUT2D eigenvalue weighted by atomic mass is 19.3. The molecule has 5 saturated carbocycles. The van der Waals surface area contributed by atoms with Crippen molar-refractivity contribution in [1.82, 2.24) is 0 Å². The number of fused-ring (bicyclic) bond motifs is 5. The number of halogens is 2. The van der Waals surface area contributed by atoms with Gasteiger partial charge < -0.3 is 0 Å². The molecule has 0 heterocycles. The van der Waals surface area contributed by atoms with Crippen LogP contribution in [0.15, 0.2) is 61.3 Å². The summed E-state index contributed by atoms with van der Waals surface area (Å²) in [6.45, 7) is 30.0. The molecule has 282 valence electrons. The minimum atomic E-state index is -2.79. The van der Waals surface area contributed by atoms with Crippen molar-refractivity contribution in [2.45, 2.75) is 181 Å². The minimum absolute atomic E-state index is 0.00843. The van der Waals surface area contributed by atoms with Gasteiger partial charge in [0, 0.05) is 6.92 Å². The second-order valence-electron chi connectivity index (χ2n) is 19.4. The second kappa shape index (κ2) is 16.3. The Bertz CT molecular complexity index is 1230. The Labute approximate surface area is 308 Å². The first-order valence-electron chi connectivity index (χ1n) is 21.4. The summed E-state index contributed by atoms with van der Waals surface area (Å²) in [6.07, 6.45) is 29.9. The van der Waals surface area contributed by atoms with Gasteiger partial charge in [0.2, 0.25) is 0 Å². The van der Waals surface area contributed by atoms with Crippen LogP contribution in [0.4, 0.5) is 8.78 Å². The molecule has 0 amide bonds. The van der Waals surface area contributed by atoms with Crippen LogP contribution >= 0.6 is 0 Å². The maximum atomic E-state index is 14.5. The fourth-order valence-electron chi connectivity index (χ4n) is 12.9. The zero-order valence-electron chi connectivity index (χ0n) is 33.2. The first-order chi connectivity index (χ1) is 23.7. The minimum Gasteiger partial charge on any atom is -0.202 e. The van der Waals surface area contributed by atoms with E-state index in [1.165, 1.54) is 114 Å². The molecule has 5 fully saturated rings. The monoisotopic (exact) mass is 691 g/mol. The van der Waals surface area contributed by atoms with Crippen LogP contribution in [0.25, 0.3) is 0 Å². The van der Waals surface area contributed by atoms with E-state index in [1.54, 1.807) is 5.57 Å². The molecule has 5 rings (SSSR count). The van der Waals surface area contributed by atoms with E-state index in [0.717, 1.165) is 69.1 Å². The SMILES string of the molecule is C=CCC(CC)CCC(=C)CCC1CC2(CCC3CC2CC(CC)(CC(=C)C(C)(F)F)C3)CC1CCC(=C)C1(CC)CC2CCC(=C)C(C2)C1. The summed E-state index contributed by atoms with van der Waals surface area (Å²) in [5.41, 5.74) is 5.33. The van der Waals surface area contributed by atoms with Crippen molar-refractivity contribution in [1.29, 1.82) is 0 Å². The number of hydrogen-bond acceptors (Lipinski definition) is 0. The van der Waals surface area contributed by atoms with Crippen molar-refractivity contribution < 1.29 is 8.78 Å². The van der Waals surface area contributed by atoms with E-state index in [2.05, 4.69) is 53.2 Å². The molecule has 0 saturated heterocycles. The van der Waals surface area contributed by atoms with Gasteiger partial charge in [-0.05, 0) is 198 Å². The Morgan fingerprint density at radius 2 is 1.58 bits per heavy atom. The molecule has 5 aliphatic carbocycles. The highest BCUT2D eigenvalue weighted by molar-refractivity contribution is 5.20. The Morgan fingerprint density at radius 3 is 2.22 bits per heavy atom. The fraction of sp³-hybridized carbons (Fsp3) is 0.792. The molecule has 5 aliphatic rings. The van der Waals surface area contributed by atoms with Crippen molar-refractivity contribution in [3.05, 3.63) is 61.3 Å². The Hall–Kier alpha value is -1.44. The molecule has 50 heavy (non-hydrogen) atoms. The highest BCUT2D eigenvalue weighted by Gasteiger charge is 2.56. The molecule has 0 aromatic rings. The topological polar surface area (TPSA) is 0 Å². The lowest BCUT2D eigenvalue weighted by molar-refractivity contribution is -0.0451. The molecule has 0 aromatic heterocycles. The molecule has 1 spiro atoms. The third kappa shape index (κ3) is 8.84. The smallest absolute Gasteiger partial charge is 0.202 e. The van der Waals surface area contributed by atoms with Gasteiger partial charge in [0.05, 0.1) is 0 Å². The van der Waals surface area contributed by atoms with E-state index >= 15 is 0 Å². The number of allylic oxidation sites excluding steroid dienone is 5. The van der Waals surface area contributed by atoms with Crippen LogP contribution in [0.3, 0.4) is 0 Å². The summed E-state index contributed by atoms with van der Waals surface area (Å²) in [7, 11) is 0. The standard InChI is InChI=1S/C48H76F2/c1-10-14-38(11-2)19-15-34(5)16-21-41-30-48(24-23-40-26-44(48)33-46(12-3,28-40)27-37(8)45(9,49)50)31-42(41)22-18-36(7)47(13-4)29-39-20-17-35(6)43(25-39)32-47/h10,38-44H,1,5-8,11-33H2,2-4,9H3. The van der Waals surface area contributed by atoms with Gasteiger partial charge in [0.25, 0.3) is 5.92 Å². The first kappa shape index (κ1) is 39.8. The van der Waals surface area contributed by atoms with E-state index < -0.39 is 5.92 Å². The second-order valence-corrected chi connectivity index (χ2v) is 19.4. The Kier molecular flexibility index (Phi) is 13.0. The van der Waals surface area contributed by atoms with Gasteiger partial charge in [0.15, 0.2) is 0 Å². The molecule has 10 atom stereocenters. The van der Waals surface area contributed by atoms with Crippen molar-refractivity contribution in [3.63, 3.8) is 0 Å². The van der Waals surface area contributed by atoms with E-state index in [9.17, 15) is 8.78 Å². The van der Waals surface area contributed by atoms with Crippen LogP contribution in [-0.2, 0) is 0 Å². The van der Waals surface area contributed by atoms with E-state index in [4.69, 9.17) is 6.58 Å². The summed E-state index contributed by atoms with van der Waals surface area (Å²) in [5, 5.41) is 0. The van der Waals surface area contributed by atoms with Crippen molar-refractivity contribution in [2.24, 2.45) is 57.7 Å². The summed E-state index contributed by atoms with van der Waals surface area (Å²) in [5.74, 6) is 2.34. The lowest BCUT2D eigenvalue weighted by atomic mass is 9.50. The molecule has 0 radical (unpaired) electrons. The third-order valence-corrected chi connectivity index (χ3v) is 16.4. The lowest BCUT2D eigenvalue weighted by Crippen LogP contribution is -2.45. The zero-order chi connectivity index (χ0) is 36.3.